The van der Waals surface area contributed by atoms with Crippen molar-refractivity contribution < 1.29 is 19.7 Å². The first-order valence-corrected chi connectivity index (χ1v) is 10.7. The van der Waals surface area contributed by atoms with E-state index in [0.29, 0.717) is 17.9 Å². The van der Waals surface area contributed by atoms with Gasteiger partial charge in [-0.15, -0.1) is 0 Å². The lowest BCUT2D eigenvalue weighted by Gasteiger charge is -2.25. The van der Waals surface area contributed by atoms with Crippen LogP contribution in [-0.2, 0) is 17.8 Å². The molecule has 0 saturated carbocycles. The molecule has 6 heteroatoms. The molecule has 3 aromatic carbocycles. The van der Waals surface area contributed by atoms with Crippen LogP contribution in [0.15, 0.2) is 94.4 Å². The highest BCUT2D eigenvalue weighted by atomic mass is 32.2. The van der Waals surface area contributed by atoms with Gasteiger partial charge in [0.2, 0.25) is 0 Å². The summed E-state index contributed by atoms with van der Waals surface area (Å²) in [6.07, 6.45) is 0.451. The summed E-state index contributed by atoms with van der Waals surface area (Å²) in [4.78, 5) is 16.3. The van der Waals surface area contributed by atoms with Gasteiger partial charge in [-0.25, -0.2) is 0 Å². The maximum absolute atomic E-state index is 13.3. The number of carbonyl (C=O) groups excluding carboxylic acids is 1. The van der Waals surface area contributed by atoms with Gasteiger partial charge in [0.05, 0.1) is 13.2 Å². The van der Waals surface area contributed by atoms with Gasteiger partial charge < -0.3 is 19.8 Å². The lowest BCUT2D eigenvalue weighted by atomic mass is 10.0. The van der Waals surface area contributed by atoms with Crippen molar-refractivity contribution in [2.75, 3.05) is 7.11 Å². The van der Waals surface area contributed by atoms with Crippen molar-refractivity contribution in [2.24, 2.45) is 0 Å². The fraction of sp³-hybridized carbons (Fsp3) is 0.160. The van der Waals surface area contributed by atoms with Crippen molar-refractivity contribution in [3.05, 3.63) is 101 Å². The standard InChI is InChI=1S/C25H23NO4S/c1-30-20-13-9-18(10-14-20)16-26-22(15-17-7-11-19(27)12-8-17)23(28)24(25(26)29)31-21-5-3-2-4-6-21/h2-14,22,27-28H,15-16H2,1H3. The lowest BCUT2D eigenvalue weighted by Crippen LogP contribution is -2.36. The first kappa shape index (κ1) is 20.9. The van der Waals surface area contributed by atoms with Crippen molar-refractivity contribution in [3.63, 3.8) is 0 Å². The van der Waals surface area contributed by atoms with E-state index in [-0.39, 0.29) is 17.4 Å². The van der Waals surface area contributed by atoms with Crippen molar-refractivity contribution in [3.8, 4) is 11.5 Å². The molecule has 0 fully saturated rings. The van der Waals surface area contributed by atoms with Gasteiger partial charge in [0.25, 0.3) is 5.91 Å². The van der Waals surface area contributed by atoms with Crippen LogP contribution in [-0.4, -0.2) is 34.2 Å². The predicted octanol–water partition coefficient (Wildman–Crippen LogP) is 4.92. The van der Waals surface area contributed by atoms with Gasteiger partial charge >= 0.3 is 0 Å². The zero-order valence-corrected chi connectivity index (χ0v) is 17.9. The SMILES string of the molecule is COc1ccc(CN2C(=O)C(Sc3ccccc3)=C(O)C2Cc2ccc(O)cc2)cc1. The summed E-state index contributed by atoms with van der Waals surface area (Å²) in [7, 11) is 1.61. The van der Waals surface area contributed by atoms with Crippen molar-refractivity contribution in [2.45, 2.75) is 23.9 Å². The van der Waals surface area contributed by atoms with E-state index in [2.05, 4.69) is 0 Å². The third-order valence-electron chi connectivity index (χ3n) is 5.22. The van der Waals surface area contributed by atoms with Gasteiger partial charge in [-0.2, -0.15) is 0 Å². The van der Waals surface area contributed by atoms with Crippen LogP contribution >= 0.6 is 11.8 Å². The Hall–Kier alpha value is -3.38. The minimum Gasteiger partial charge on any atom is -0.509 e. The van der Waals surface area contributed by atoms with Crippen LogP contribution in [0.2, 0.25) is 0 Å². The maximum Gasteiger partial charge on any atom is 0.265 e. The second kappa shape index (κ2) is 9.18. The Morgan fingerprint density at radius 3 is 2.19 bits per heavy atom. The normalized spacial score (nSPS) is 16.1. The van der Waals surface area contributed by atoms with E-state index in [9.17, 15) is 15.0 Å². The molecule has 0 aromatic heterocycles. The molecule has 1 aliphatic heterocycles. The number of hydrogen-bond acceptors (Lipinski definition) is 5. The van der Waals surface area contributed by atoms with Gasteiger partial charge in [0.1, 0.15) is 22.2 Å². The van der Waals surface area contributed by atoms with E-state index in [1.807, 2.05) is 54.6 Å². The van der Waals surface area contributed by atoms with E-state index in [1.165, 1.54) is 11.8 Å². The molecule has 158 valence electrons. The smallest absolute Gasteiger partial charge is 0.265 e. The van der Waals surface area contributed by atoms with Gasteiger partial charge in [-0.3, -0.25) is 4.79 Å². The number of nitrogens with zero attached hydrogens (tertiary/aromatic N) is 1. The molecule has 1 heterocycles. The van der Waals surface area contributed by atoms with Crippen molar-refractivity contribution >= 4 is 17.7 Å². The minimum absolute atomic E-state index is 0.0837. The number of hydrogen-bond donors (Lipinski definition) is 2. The number of aliphatic hydroxyl groups is 1. The van der Waals surface area contributed by atoms with Crippen molar-refractivity contribution in [1.29, 1.82) is 0 Å². The molecule has 0 aliphatic carbocycles. The fourth-order valence-corrected chi connectivity index (χ4v) is 4.53. The summed E-state index contributed by atoms with van der Waals surface area (Å²) in [6, 6.07) is 23.5. The predicted molar refractivity (Wildman–Crippen MR) is 121 cm³/mol. The molecule has 0 saturated heterocycles. The summed E-state index contributed by atoms with van der Waals surface area (Å²) >= 11 is 1.28. The molecule has 0 radical (unpaired) electrons. The number of methoxy groups -OCH3 is 1. The Morgan fingerprint density at radius 2 is 1.55 bits per heavy atom. The number of phenolic OH excluding ortho intramolecular Hbond substituents is 1. The summed E-state index contributed by atoms with van der Waals surface area (Å²) < 4.78 is 5.22. The number of thioether (sulfide) groups is 1. The molecule has 0 spiro atoms. The number of ether oxygens (including phenoxy) is 1. The third kappa shape index (κ3) is 4.70. The van der Waals surface area contributed by atoms with Crippen LogP contribution in [0.5, 0.6) is 11.5 Å². The maximum atomic E-state index is 13.3. The van der Waals surface area contributed by atoms with Gasteiger partial charge in [0, 0.05) is 17.9 Å². The van der Waals surface area contributed by atoms with Crippen LogP contribution in [0, 0.1) is 0 Å². The Balaban J connectivity index is 1.63. The summed E-state index contributed by atoms with van der Waals surface area (Å²) in [5.74, 6) is 0.825. The topological polar surface area (TPSA) is 70.0 Å². The molecule has 2 N–H and O–H groups in total. The first-order chi connectivity index (χ1) is 15.0. The molecule has 1 unspecified atom stereocenters. The molecule has 1 amide bonds. The van der Waals surface area contributed by atoms with E-state index in [1.54, 1.807) is 36.3 Å². The molecule has 31 heavy (non-hydrogen) atoms. The largest absolute Gasteiger partial charge is 0.509 e. The van der Waals surface area contributed by atoms with Crippen LogP contribution in [0.4, 0.5) is 0 Å². The van der Waals surface area contributed by atoms with Crippen LogP contribution in [0.1, 0.15) is 11.1 Å². The highest BCUT2D eigenvalue weighted by Crippen LogP contribution is 2.38. The molecule has 5 nitrogen and oxygen atoms in total. The average molecular weight is 434 g/mol. The molecule has 1 atom stereocenters. The quantitative estimate of drug-likeness (QED) is 0.554. The zero-order chi connectivity index (χ0) is 21.8. The number of rotatable bonds is 7. The number of amides is 1. The minimum atomic E-state index is -0.481. The highest BCUT2D eigenvalue weighted by molar-refractivity contribution is 8.04. The highest BCUT2D eigenvalue weighted by Gasteiger charge is 2.40. The number of aliphatic hydroxyl groups excluding tert-OH is 1. The Labute approximate surface area is 185 Å². The van der Waals surface area contributed by atoms with Crippen molar-refractivity contribution in [1.82, 2.24) is 4.90 Å². The number of aromatic hydroxyl groups is 1. The number of carbonyl (C=O) groups is 1. The summed E-state index contributed by atoms with van der Waals surface area (Å²) in [6.45, 7) is 0.370. The molecule has 0 bridgehead atoms. The third-order valence-corrected chi connectivity index (χ3v) is 6.32. The number of phenols is 1. The monoisotopic (exact) mass is 433 g/mol. The zero-order valence-electron chi connectivity index (χ0n) is 17.1. The second-order valence-electron chi connectivity index (χ2n) is 7.30. The summed E-state index contributed by atoms with van der Waals surface area (Å²) in [5, 5.41) is 20.6. The fourth-order valence-electron chi connectivity index (χ4n) is 3.55. The molecule has 1 aliphatic rings. The number of benzene rings is 3. The molecular formula is C25H23NO4S. The van der Waals surface area contributed by atoms with E-state index >= 15 is 0 Å². The molecule has 4 rings (SSSR count). The van der Waals surface area contributed by atoms with Gasteiger partial charge in [-0.05, 0) is 47.5 Å². The van der Waals surface area contributed by atoms with Crippen LogP contribution in [0.25, 0.3) is 0 Å². The Morgan fingerprint density at radius 1 is 0.903 bits per heavy atom. The van der Waals surface area contributed by atoms with Gasteiger partial charge in [0.15, 0.2) is 0 Å². The van der Waals surface area contributed by atoms with Crippen LogP contribution in [0.3, 0.4) is 0 Å². The first-order valence-electron chi connectivity index (χ1n) is 9.93. The second-order valence-corrected chi connectivity index (χ2v) is 8.38. The molecule has 3 aromatic rings. The summed E-state index contributed by atoms with van der Waals surface area (Å²) in [5.41, 5.74) is 1.87. The van der Waals surface area contributed by atoms with E-state index in [0.717, 1.165) is 21.8 Å². The lowest BCUT2D eigenvalue weighted by molar-refractivity contribution is -0.127. The van der Waals surface area contributed by atoms with Gasteiger partial charge in [-0.1, -0.05) is 54.2 Å². The van der Waals surface area contributed by atoms with E-state index in [4.69, 9.17) is 4.74 Å². The molecular weight excluding hydrogens is 410 g/mol. The van der Waals surface area contributed by atoms with E-state index < -0.39 is 6.04 Å². The Bertz CT molecular complexity index is 1080. The Kier molecular flexibility index (Phi) is 6.18. The van der Waals surface area contributed by atoms with Crippen LogP contribution < -0.4 is 4.74 Å². The average Bonchev–Trinajstić information content (AvgIpc) is 3.01.